The number of aliphatic hydroxyl groups is 2. The number of phosphoric ester groups is 1. The lowest BCUT2D eigenvalue weighted by Gasteiger charge is -2.26. The SMILES string of the molecule is N#C[C@@]1(n2ccc(=O)[nH]c2=O)O[C@H](COP(=O)(O)OP(=O)(O)OP(=O)(O)O)[C@@H](O)[C@H]1O. The highest BCUT2D eigenvalue weighted by Gasteiger charge is 2.57. The molecule has 0 saturated carbocycles. The van der Waals surface area contributed by atoms with E-state index in [2.05, 4.69) is 13.1 Å². The Morgan fingerprint density at radius 2 is 1.77 bits per heavy atom. The van der Waals surface area contributed by atoms with Crippen molar-refractivity contribution < 1.29 is 61.4 Å². The summed E-state index contributed by atoms with van der Waals surface area (Å²) >= 11 is 0. The molecular weight excluding hydrogens is 495 g/mol. The first kappa shape index (κ1) is 25.7. The van der Waals surface area contributed by atoms with Crippen molar-refractivity contribution in [3.05, 3.63) is 33.1 Å². The Hall–Kier alpha value is -1.54. The van der Waals surface area contributed by atoms with Gasteiger partial charge in [0.15, 0.2) is 0 Å². The molecule has 21 heteroatoms. The molecule has 6 atom stereocenters. The van der Waals surface area contributed by atoms with E-state index >= 15 is 0 Å². The van der Waals surface area contributed by atoms with Gasteiger partial charge in [-0.3, -0.25) is 18.9 Å². The molecule has 0 aliphatic carbocycles. The van der Waals surface area contributed by atoms with Gasteiger partial charge < -0.3 is 34.5 Å². The lowest BCUT2D eigenvalue weighted by atomic mass is 10.0. The van der Waals surface area contributed by atoms with Crippen molar-refractivity contribution in [2.75, 3.05) is 6.61 Å². The van der Waals surface area contributed by atoms with Crippen molar-refractivity contribution in [1.82, 2.24) is 9.55 Å². The summed E-state index contributed by atoms with van der Waals surface area (Å²) in [6.07, 6.45) is -5.25. The van der Waals surface area contributed by atoms with Crippen molar-refractivity contribution in [1.29, 1.82) is 5.26 Å². The Kier molecular flexibility index (Phi) is 7.28. The van der Waals surface area contributed by atoms with E-state index in [4.69, 9.17) is 19.4 Å². The van der Waals surface area contributed by atoms with Gasteiger partial charge in [-0.05, 0) is 0 Å². The molecule has 1 saturated heterocycles. The molecule has 0 bridgehead atoms. The summed E-state index contributed by atoms with van der Waals surface area (Å²) < 4.78 is 50.4. The molecule has 18 nitrogen and oxygen atoms in total. The largest absolute Gasteiger partial charge is 0.490 e. The number of hydrogen-bond acceptors (Lipinski definition) is 12. The van der Waals surface area contributed by atoms with Crippen LogP contribution in [0, 0.1) is 11.3 Å². The highest BCUT2D eigenvalue weighted by atomic mass is 31.3. The van der Waals surface area contributed by atoms with Crippen LogP contribution in [0.25, 0.3) is 0 Å². The normalized spacial score (nSPS) is 30.3. The minimum absolute atomic E-state index is 0.424. The maximum atomic E-state index is 11.9. The van der Waals surface area contributed by atoms with Crippen molar-refractivity contribution in [3.63, 3.8) is 0 Å². The van der Waals surface area contributed by atoms with E-state index in [0.29, 0.717) is 4.57 Å². The van der Waals surface area contributed by atoms with Gasteiger partial charge in [-0.25, -0.2) is 18.5 Å². The number of ether oxygens (including phenoxy) is 1. The summed E-state index contributed by atoms with van der Waals surface area (Å²) in [6, 6.07) is 2.22. The average Bonchev–Trinajstić information content (AvgIpc) is 2.82. The average molecular weight is 509 g/mol. The minimum atomic E-state index is -5.80. The van der Waals surface area contributed by atoms with Crippen molar-refractivity contribution in [2.45, 2.75) is 24.0 Å². The number of H-pyrrole nitrogens is 1. The van der Waals surface area contributed by atoms with Crippen molar-refractivity contribution in [2.24, 2.45) is 0 Å². The quantitative estimate of drug-likeness (QED) is 0.174. The Morgan fingerprint density at radius 1 is 1.16 bits per heavy atom. The zero-order chi connectivity index (χ0) is 23.8. The van der Waals surface area contributed by atoms with Crippen LogP contribution in [0.5, 0.6) is 0 Å². The lowest BCUT2D eigenvalue weighted by Crippen LogP contribution is -2.50. The first-order valence-corrected chi connectivity index (χ1v) is 12.1. The maximum absolute atomic E-state index is 11.9. The van der Waals surface area contributed by atoms with E-state index in [1.54, 1.807) is 4.98 Å². The number of nitrogens with zero attached hydrogens (tertiary/aromatic N) is 2. The Morgan fingerprint density at radius 3 is 2.29 bits per heavy atom. The number of nitriles is 1. The molecule has 174 valence electrons. The maximum Gasteiger partial charge on any atom is 0.490 e. The molecular formula is C10H14N3O15P3. The highest BCUT2D eigenvalue weighted by molar-refractivity contribution is 7.66. The smallest absolute Gasteiger partial charge is 0.387 e. The fourth-order valence-electron chi connectivity index (χ4n) is 2.43. The molecule has 2 unspecified atom stereocenters. The van der Waals surface area contributed by atoms with Crippen LogP contribution in [0.2, 0.25) is 0 Å². The van der Waals surface area contributed by atoms with Gasteiger partial charge in [0.25, 0.3) is 11.3 Å². The third-order valence-electron chi connectivity index (χ3n) is 3.60. The molecule has 2 rings (SSSR count). The number of aliphatic hydroxyl groups excluding tert-OH is 2. The topological polar surface area (TPSA) is 288 Å². The number of aromatic nitrogens is 2. The zero-order valence-corrected chi connectivity index (χ0v) is 17.4. The third kappa shape index (κ3) is 6.04. The van der Waals surface area contributed by atoms with Crippen molar-refractivity contribution >= 4 is 23.5 Å². The molecule has 1 aliphatic heterocycles. The molecule has 31 heavy (non-hydrogen) atoms. The second-order valence-electron chi connectivity index (χ2n) is 5.77. The number of nitrogens with one attached hydrogen (secondary N) is 1. The molecule has 1 aliphatic rings. The van der Waals surface area contributed by atoms with Crippen LogP contribution in [-0.4, -0.2) is 64.3 Å². The van der Waals surface area contributed by atoms with Crippen LogP contribution in [-0.2, 0) is 37.3 Å². The first-order chi connectivity index (χ1) is 14.0. The Labute approximate surface area is 170 Å². The van der Waals surface area contributed by atoms with Crippen LogP contribution >= 0.6 is 23.5 Å². The van der Waals surface area contributed by atoms with Gasteiger partial charge in [0.05, 0.1) is 6.61 Å². The summed E-state index contributed by atoms with van der Waals surface area (Å²) in [7, 11) is -17.0. The number of phosphoric acid groups is 3. The minimum Gasteiger partial charge on any atom is -0.387 e. The second kappa shape index (κ2) is 8.77. The van der Waals surface area contributed by atoms with Gasteiger partial charge in [-0.2, -0.15) is 13.9 Å². The summed E-state index contributed by atoms with van der Waals surface area (Å²) in [6.45, 7) is -1.20. The Balaban J connectivity index is 2.20. The monoisotopic (exact) mass is 509 g/mol. The number of hydrogen-bond donors (Lipinski definition) is 7. The van der Waals surface area contributed by atoms with Crippen LogP contribution in [0.15, 0.2) is 21.9 Å². The summed E-state index contributed by atoms with van der Waals surface area (Å²) in [5.41, 5.74) is -4.69. The summed E-state index contributed by atoms with van der Waals surface area (Å²) in [5.74, 6) is 0. The van der Waals surface area contributed by atoms with Gasteiger partial charge in [0.2, 0.25) is 0 Å². The van der Waals surface area contributed by atoms with Crippen LogP contribution in [0.1, 0.15) is 0 Å². The number of aromatic amines is 1. The molecule has 0 amide bonds. The first-order valence-electron chi connectivity index (χ1n) is 7.58. The molecule has 1 aromatic heterocycles. The van der Waals surface area contributed by atoms with Crippen LogP contribution in [0.4, 0.5) is 0 Å². The predicted octanol–water partition coefficient (Wildman–Crippen LogP) is -2.82. The molecule has 1 aromatic rings. The standard InChI is InChI=1S/C10H14N3O15P3/c11-4-10(13-2-1-6(14)12-9(13)17)8(16)7(15)5(26-10)3-25-30(21,22)28-31(23,24)27-29(18,19)20/h1-2,5,7-8,15-16H,3H2,(H,21,22)(H,23,24)(H,12,14,17)(H2,18,19,20)/t5-,7-,8-,10-/m1/s1. The molecule has 2 heterocycles. The summed E-state index contributed by atoms with van der Waals surface area (Å²) in [4.78, 5) is 60.3. The second-order valence-corrected chi connectivity index (χ2v) is 10.2. The van der Waals surface area contributed by atoms with E-state index in [9.17, 15) is 43.7 Å². The number of rotatable bonds is 8. The molecule has 1 fully saturated rings. The van der Waals surface area contributed by atoms with Crippen LogP contribution < -0.4 is 11.2 Å². The summed E-state index contributed by atoms with van der Waals surface area (Å²) in [5, 5.41) is 29.7. The van der Waals surface area contributed by atoms with Gasteiger partial charge in [-0.1, -0.05) is 0 Å². The lowest BCUT2D eigenvalue weighted by molar-refractivity contribution is -0.108. The fraction of sp³-hybridized carbons (Fsp3) is 0.500. The van der Waals surface area contributed by atoms with E-state index in [1.165, 1.54) is 6.07 Å². The van der Waals surface area contributed by atoms with Gasteiger partial charge in [0.1, 0.15) is 24.4 Å². The molecule has 0 radical (unpaired) electrons. The Bertz CT molecular complexity index is 1130. The van der Waals surface area contributed by atoms with Crippen LogP contribution in [0.3, 0.4) is 0 Å². The van der Waals surface area contributed by atoms with E-state index in [-0.39, 0.29) is 0 Å². The molecule has 0 aromatic carbocycles. The fourth-order valence-corrected chi connectivity index (χ4v) is 5.46. The predicted molar refractivity (Wildman–Crippen MR) is 91.6 cm³/mol. The molecule has 0 spiro atoms. The highest BCUT2D eigenvalue weighted by Crippen LogP contribution is 2.66. The van der Waals surface area contributed by atoms with E-state index in [1.807, 2.05) is 0 Å². The third-order valence-corrected chi connectivity index (χ3v) is 7.40. The zero-order valence-electron chi connectivity index (χ0n) is 14.7. The van der Waals surface area contributed by atoms with E-state index < -0.39 is 65.4 Å². The molecule has 7 N–H and O–H groups in total. The van der Waals surface area contributed by atoms with Gasteiger partial charge in [-0.15, -0.1) is 0 Å². The van der Waals surface area contributed by atoms with Gasteiger partial charge >= 0.3 is 29.2 Å². The van der Waals surface area contributed by atoms with E-state index in [0.717, 1.165) is 12.3 Å². The van der Waals surface area contributed by atoms with Gasteiger partial charge in [0, 0.05) is 12.3 Å². The van der Waals surface area contributed by atoms with Crippen molar-refractivity contribution in [3.8, 4) is 6.07 Å².